The monoisotopic (exact) mass is 353 g/mol. The van der Waals surface area contributed by atoms with Gasteiger partial charge in [0.2, 0.25) is 0 Å². The largest absolute Gasteiger partial charge is 0.345 e. The van der Waals surface area contributed by atoms with Gasteiger partial charge in [-0.3, -0.25) is 9.59 Å². The third kappa shape index (κ3) is 2.74. The van der Waals surface area contributed by atoms with Crippen LogP contribution in [0.15, 0.2) is 35.6 Å². The Hall–Kier alpha value is -2.87. The van der Waals surface area contributed by atoms with E-state index in [0.29, 0.717) is 28.8 Å². The van der Waals surface area contributed by atoms with Crippen LogP contribution in [0.3, 0.4) is 0 Å². The van der Waals surface area contributed by atoms with E-state index in [1.165, 1.54) is 23.0 Å². The average Bonchev–Trinajstić information content (AvgIpc) is 3.16. The van der Waals surface area contributed by atoms with Crippen LogP contribution in [0.4, 0.5) is 11.5 Å². The fraction of sp³-hybridized carbons (Fsp3) is 0.176. The molecule has 4 rings (SSSR count). The van der Waals surface area contributed by atoms with E-state index in [4.69, 9.17) is 0 Å². The van der Waals surface area contributed by atoms with Crippen LogP contribution in [0, 0.1) is 0 Å². The lowest BCUT2D eigenvalue weighted by molar-refractivity contribution is -0.110. The van der Waals surface area contributed by atoms with E-state index < -0.39 is 0 Å². The predicted molar refractivity (Wildman–Crippen MR) is 96.2 cm³/mol. The summed E-state index contributed by atoms with van der Waals surface area (Å²) < 4.78 is 0. The van der Waals surface area contributed by atoms with Gasteiger partial charge in [0.15, 0.2) is 5.12 Å². The number of nitrogens with one attached hydrogen (secondary N) is 2. The number of fused-ring (bicyclic) bond motifs is 2. The van der Waals surface area contributed by atoms with Gasteiger partial charge in [0.25, 0.3) is 5.91 Å². The van der Waals surface area contributed by atoms with Crippen LogP contribution >= 0.6 is 11.8 Å². The van der Waals surface area contributed by atoms with Gasteiger partial charge in [0, 0.05) is 37.3 Å². The average molecular weight is 353 g/mol. The van der Waals surface area contributed by atoms with Crippen molar-refractivity contribution in [1.29, 1.82) is 0 Å². The number of hydrogen-bond donors (Lipinski definition) is 2. The smallest absolute Gasteiger partial charge is 0.255 e. The zero-order valence-electron chi connectivity index (χ0n) is 13.7. The van der Waals surface area contributed by atoms with Gasteiger partial charge in [0.1, 0.15) is 17.8 Å². The molecule has 0 aliphatic carbocycles. The molecule has 1 aliphatic heterocycles. The van der Waals surface area contributed by atoms with Gasteiger partial charge in [0.05, 0.1) is 10.9 Å². The molecule has 0 fully saturated rings. The summed E-state index contributed by atoms with van der Waals surface area (Å²) in [6.07, 6.45) is 3.55. The van der Waals surface area contributed by atoms with E-state index >= 15 is 0 Å². The molecule has 1 aliphatic rings. The van der Waals surface area contributed by atoms with E-state index in [2.05, 4.69) is 20.3 Å². The van der Waals surface area contributed by atoms with E-state index in [0.717, 1.165) is 16.1 Å². The van der Waals surface area contributed by atoms with Gasteiger partial charge >= 0.3 is 0 Å². The Morgan fingerprint density at radius 1 is 1.32 bits per heavy atom. The topological polar surface area (TPSA) is 91.0 Å². The number of aromatic amines is 1. The molecule has 0 spiro atoms. The normalized spacial score (nSPS) is 13.1. The Bertz CT molecular complexity index is 1010. The number of thioether (sulfide) groups is 1. The SMILES string of the molecule is CN(C)C(=O)c1c[nH]c2ncnc(Nc3ccc4c(c3)SC(=O)C4)c12. The molecule has 1 amide bonds. The van der Waals surface area contributed by atoms with Crippen LogP contribution in [-0.2, 0) is 11.2 Å². The number of carbonyl (C=O) groups is 2. The lowest BCUT2D eigenvalue weighted by Gasteiger charge is -2.11. The Morgan fingerprint density at radius 3 is 2.96 bits per heavy atom. The molecule has 0 radical (unpaired) electrons. The zero-order valence-corrected chi connectivity index (χ0v) is 14.5. The molecular formula is C17H15N5O2S. The third-order valence-electron chi connectivity index (χ3n) is 3.99. The molecule has 126 valence electrons. The highest BCUT2D eigenvalue weighted by Gasteiger charge is 2.21. The maximum atomic E-state index is 12.4. The Morgan fingerprint density at radius 2 is 2.16 bits per heavy atom. The number of hydrogen-bond acceptors (Lipinski definition) is 6. The first kappa shape index (κ1) is 15.6. The molecule has 8 heteroatoms. The number of carbonyl (C=O) groups excluding carboxylic acids is 2. The minimum absolute atomic E-state index is 0.126. The zero-order chi connectivity index (χ0) is 17.6. The van der Waals surface area contributed by atoms with Gasteiger partial charge in [-0.25, -0.2) is 9.97 Å². The van der Waals surface area contributed by atoms with Crippen LogP contribution < -0.4 is 5.32 Å². The quantitative estimate of drug-likeness (QED) is 0.752. The second-order valence-electron chi connectivity index (χ2n) is 5.95. The number of H-pyrrole nitrogens is 1. The number of anilines is 2. The summed E-state index contributed by atoms with van der Waals surface area (Å²) in [6, 6.07) is 5.78. The first-order valence-electron chi connectivity index (χ1n) is 7.67. The summed E-state index contributed by atoms with van der Waals surface area (Å²) in [5.41, 5.74) is 2.95. The molecule has 2 aromatic heterocycles. The van der Waals surface area contributed by atoms with Crippen molar-refractivity contribution in [3.05, 3.63) is 41.9 Å². The minimum atomic E-state index is -0.126. The first-order valence-corrected chi connectivity index (χ1v) is 8.49. The molecule has 3 heterocycles. The number of nitrogens with zero attached hydrogens (tertiary/aromatic N) is 3. The third-order valence-corrected chi connectivity index (χ3v) is 4.97. The summed E-state index contributed by atoms with van der Waals surface area (Å²) in [6.45, 7) is 0. The highest BCUT2D eigenvalue weighted by atomic mass is 32.2. The highest BCUT2D eigenvalue weighted by molar-refractivity contribution is 8.14. The van der Waals surface area contributed by atoms with Crippen molar-refractivity contribution in [2.45, 2.75) is 11.3 Å². The number of benzene rings is 1. The molecule has 3 aromatic rings. The fourth-order valence-corrected chi connectivity index (χ4v) is 3.72. The highest BCUT2D eigenvalue weighted by Crippen LogP contribution is 2.35. The second-order valence-corrected chi connectivity index (χ2v) is 7.05. The molecule has 2 N–H and O–H groups in total. The van der Waals surface area contributed by atoms with Crippen molar-refractivity contribution in [2.24, 2.45) is 0 Å². The van der Waals surface area contributed by atoms with Crippen molar-refractivity contribution in [3.63, 3.8) is 0 Å². The Kier molecular flexibility index (Phi) is 3.69. The van der Waals surface area contributed by atoms with Gasteiger partial charge in [-0.05, 0) is 17.7 Å². The summed E-state index contributed by atoms with van der Waals surface area (Å²) in [4.78, 5) is 37.9. The maximum Gasteiger partial charge on any atom is 0.255 e. The predicted octanol–water partition coefficient (Wildman–Crippen LogP) is 2.58. The van der Waals surface area contributed by atoms with Crippen molar-refractivity contribution in [2.75, 3.05) is 19.4 Å². The van der Waals surface area contributed by atoms with Gasteiger partial charge in [-0.2, -0.15) is 0 Å². The van der Waals surface area contributed by atoms with E-state index in [1.54, 1.807) is 20.3 Å². The minimum Gasteiger partial charge on any atom is -0.345 e. The molecule has 0 atom stereocenters. The van der Waals surface area contributed by atoms with Crippen molar-refractivity contribution in [1.82, 2.24) is 19.9 Å². The van der Waals surface area contributed by atoms with Crippen molar-refractivity contribution in [3.8, 4) is 0 Å². The molecule has 0 saturated heterocycles. The lowest BCUT2D eigenvalue weighted by Crippen LogP contribution is -2.21. The maximum absolute atomic E-state index is 12.4. The van der Waals surface area contributed by atoms with E-state index in [9.17, 15) is 9.59 Å². The standard InChI is InChI=1S/C17H15N5O2S/c1-22(2)17(24)11-7-18-15-14(11)16(20-8-19-15)21-10-4-3-9-5-13(23)25-12(9)6-10/h3-4,6-8H,5H2,1-2H3,(H2,18,19,20,21). The lowest BCUT2D eigenvalue weighted by atomic mass is 10.1. The van der Waals surface area contributed by atoms with Crippen LogP contribution in [0.2, 0.25) is 0 Å². The van der Waals surface area contributed by atoms with Crippen LogP contribution in [0.5, 0.6) is 0 Å². The van der Waals surface area contributed by atoms with E-state index in [1.807, 2.05) is 18.2 Å². The van der Waals surface area contributed by atoms with E-state index in [-0.39, 0.29) is 11.0 Å². The van der Waals surface area contributed by atoms with Crippen LogP contribution in [0.1, 0.15) is 15.9 Å². The van der Waals surface area contributed by atoms with Gasteiger partial charge in [-0.15, -0.1) is 0 Å². The number of aromatic nitrogens is 3. The molecule has 25 heavy (non-hydrogen) atoms. The van der Waals surface area contributed by atoms with Gasteiger partial charge in [-0.1, -0.05) is 17.8 Å². The first-order chi connectivity index (χ1) is 12.0. The second kappa shape index (κ2) is 5.89. The van der Waals surface area contributed by atoms with Crippen LogP contribution in [0.25, 0.3) is 11.0 Å². The molecule has 1 aromatic carbocycles. The fourth-order valence-electron chi connectivity index (χ4n) is 2.79. The molecular weight excluding hydrogens is 338 g/mol. The Balaban J connectivity index is 1.75. The molecule has 7 nitrogen and oxygen atoms in total. The van der Waals surface area contributed by atoms with Crippen molar-refractivity contribution < 1.29 is 9.59 Å². The summed E-state index contributed by atoms with van der Waals surface area (Å²) >= 11 is 1.25. The molecule has 0 unspecified atom stereocenters. The summed E-state index contributed by atoms with van der Waals surface area (Å²) in [5.74, 6) is 0.421. The summed E-state index contributed by atoms with van der Waals surface area (Å²) in [5, 5.41) is 4.04. The molecule has 0 bridgehead atoms. The van der Waals surface area contributed by atoms with Crippen molar-refractivity contribution >= 4 is 45.3 Å². The summed E-state index contributed by atoms with van der Waals surface area (Å²) in [7, 11) is 3.40. The molecule has 0 saturated carbocycles. The number of amides is 1. The van der Waals surface area contributed by atoms with Gasteiger partial charge < -0.3 is 15.2 Å². The Labute approximate surface area is 147 Å². The van der Waals surface area contributed by atoms with Crippen LogP contribution in [-0.4, -0.2) is 45.0 Å². The number of rotatable bonds is 3.